The lowest BCUT2D eigenvalue weighted by atomic mass is 10.0. The number of guanidine groups is 1. The van der Waals surface area contributed by atoms with Crippen molar-refractivity contribution in [1.82, 2.24) is 29.7 Å². The first kappa shape index (κ1) is 22.3. The zero-order chi connectivity index (χ0) is 22.3. The quantitative estimate of drug-likeness (QED) is 0.352. The molecule has 7 heteroatoms. The molecule has 0 aliphatic carbocycles. The van der Waals surface area contributed by atoms with Crippen LogP contribution in [0.5, 0.6) is 0 Å². The Morgan fingerprint density at radius 3 is 2.53 bits per heavy atom. The standard InChI is InChI=1S/C25H35N7/c1-20(2)22-11-9-21(10-12-22)19-30-15-17-31(18-16-30)25(26-3)27-13-6-8-24-29-28-23-7-4-5-14-32(23)24/h4-5,7,9-12,14,20H,6,8,13,15-19H2,1-3H3,(H,26,27). The number of aryl methyl sites for hydroxylation is 1. The lowest BCUT2D eigenvalue weighted by molar-refractivity contribution is 0.172. The maximum atomic E-state index is 4.51. The van der Waals surface area contributed by atoms with E-state index in [0.717, 1.165) is 69.5 Å². The van der Waals surface area contributed by atoms with E-state index in [1.807, 2.05) is 31.4 Å². The van der Waals surface area contributed by atoms with Crippen LogP contribution in [0.3, 0.4) is 0 Å². The van der Waals surface area contributed by atoms with Crippen LogP contribution in [-0.2, 0) is 13.0 Å². The summed E-state index contributed by atoms with van der Waals surface area (Å²) in [6.45, 7) is 10.5. The lowest BCUT2D eigenvalue weighted by Crippen LogP contribution is -2.52. The number of piperazine rings is 1. The number of fused-ring (bicyclic) bond motifs is 1. The summed E-state index contributed by atoms with van der Waals surface area (Å²) in [7, 11) is 1.87. The Morgan fingerprint density at radius 2 is 1.81 bits per heavy atom. The molecular weight excluding hydrogens is 398 g/mol. The van der Waals surface area contributed by atoms with E-state index in [1.54, 1.807) is 0 Å². The van der Waals surface area contributed by atoms with Gasteiger partial charge in [-0.25, -0.2) is 0 Å². The zero-order valence-corrected chi connectivity index (χ0v) is 19.5. The van der Waals surface area contributed by atoms with E-state index in [9.17, 15) is 0 Å². The number of hydrogen-bond donors (Lipinski definition) is 1. The number of nitrogens with zero attached hydrogens (tertiary/aromatic N) is 6. The molecule has 32 heavy (non-hydrogen) atoms. The van der Waals surface area contributed by atoms with E-state index in [4.69, 9.17) is 0 Å². The van der Waals surface area contributed by atoms with Crippen LogP contribution in [0.4, 0.5) is 0 Å². The molecule has 1 fully saturated rings. The van der Waals surface area contributed by atoms with Gasteiger partial charge in [-0.1, -0.05) is 44.2 Å². The largest absolute Gasteiger partial charge is 0.356 e. The predicted octanol–water partition coefficient (Wildman–Crippen LogP) is 3.18. The second-order valence-corrected chi connectivity index (χ2v) is 8.78. The minimum absolute atomic E-state index is 0.586. The molecule has 170 valence electrons. The second-order valence-electron chi connectivity index (χ2n) is 8.78. The molecule has 1 saturated heterocycles. The molecule has 0 spiro atoms. The summed E-state index contributed by atoms with van der Waals surface area (Å²) >= 11 is 0. The highest BCUT2D eigenvalue weighted by Crippen LogP contribution is 2.16. The Bertz CT molecular complexity index is 1010. The van der Waals surface area contributed by atoms with Crippen molar-refractivity contribution >= 4 is 11.6 Å². The molecule has 0 bridgehead atoms. The van der Waals surface area contributed by atoms with Crippen molar-refractivity contribution in [2.75, 3.05) is 39.8 Å². The normalized spacial score (nSPS) is 15.6. The van der Waals surface area contributed by atoms with Gasteiger partial charge in [0.2, 0.25) is 0 Å². The van der Waals surface area contributed by atoms with Gasteiger partial charge in [0.25, 0.3) is 0 Å². The molecule has 3 heterocycles. The van der Waals surface area contributed by atoms with Crippen molar-refractivity contribution in [3.63, 3.8) is 0 Å². The van der Waals surface area contributed by atoms with Gasteiger partial charge in [0.15, 0.2) is 11.6 Å². The number of rotatable bonds is 7. The molecule has 1 aliphatic heterocycles. The van der Waals surface area contributed by atoms with Gasteiger partial charge in [0.1, 0.15) is 5.82 Å². The van der Waals surface area contributed by atoms with Crippen molar-refractivity contribution in [2.24, 2.45) is 4.99 Å². The van der Waals surface area contributed by atoms with Crippen LogP contribution in [0.15, 0.2) is 53.7 Å². The van der Waals surface area contributed by atoms with Gasteiger partial charge in [0, 0.05) is 58.9 Å². The summed E-state index contributed by atoms with van der Waals surface area (Å²) in [5.74, 6) is 2.59. The van der Waals surface area contributed by atoms with Crippen molar-refractivity contribution < 1.29 is 0 Å². The summed E-state index contributed by atoms with van der Waals surface area (Å²) in [4.78, 5) is 9.41. The zero-order valence-electron chi connectivity index (χ0n) is 19.5. The molecule has 1 aliphatic rings. The molecule has 0 unspecified atom stereocenters. The average molecular weight is 434 g/mol. The maximum absolute atomic E-state index is 4.51. The molecule has 0 radical (unpaired) electrons. The van der Waals surface area contributed by atoms with Gasteiger partial charge in [-0.2, -0.15) is 0 Å². The number of hydrogen-bond acceptors (Lipinski definition) is 4. The summed E-state index contributed by atoms with van der Waals surface area (Å²) < 4.78 is 2.06. The summed E-state index contributed by atoms with van der Waals surface area (Å²) in [5.41, 5.74) is 3.71. The van der Waals surface area contributed by atoms with E-state index < -0.39 is 0 Å². The Balaban J connectivity index is 1.20. The summed E-state index contributed by atoms with van der Waals surface area (Å²) in [6.07, 6.45) is 3.90. The minimum atomic E-state index is 0.586. The number of aliphatic imine (C=N–C) groups is 1. The molecule has 7 nitrogen and oxygen atoms in total. The van der Waals surface area contributed by atoms with Gasteiger partial charge in [-0.3, -0.25) is 14.3 Å². The molecule has 2 aromatic heterocycles. The highest BCUT2D eigenvalue weighted by Gasteiger charge is 2.19. The number of pyridine rings is 1. The first-order valence-corrected chi connectivity index (χ1v) is 11.7. The Labute approximate surface area is 191 Å². The van der Waals surface area contributed by atoms with Crippen LogP contribution in [0.2, 0.25) is 0 Å². The first-order chi connectivity index (χ1) is 15.6. The maximum Gasteiger partial charge on any atom is 0.193 e. The molecule has 3 aromatic rings. The third-order valence-corrected chi connectivity index (χ3v) is 6.18. The number of nitrogens with one attached hydrogen (secondary N) is 1. The van der Waals surface area contributed by atoms with Crippen molar-refractivity contribution in [1.29, 1.82) is 0 Å². The van der Waals surface area contributed by atoms with Crippen LogP contribution < -0.4 is 5.32 Å². The van der Waals surface area contributed by atoms with Crippen LogP contribution in [-0.4, -0.2) is 70.1 Å². The summed E-state index contributed by atoms with van der Waals surface area (Å²) in [6, 6.07) is 15.1. The SMILES string of the molecule is CN=C(NCCCc1nnc2ccccn12)N1CCN(Cc2ccc(C(C)C)cc2)CC1. The topological polar surface area (TPSA) is 61.1 Å². The molecule has 0 atom stereocenters. The van der Waals surface area contributed by atoms with E-state index in [2.05, 4.69) is 72.8 Å². The second kappa shape index (κ2) is 10.6. The molecule has 0 amide bonds. The van der Waals surface area contributed by atoms with Gasteiger partial charge in [-0.15, -0.1) is 10.2 Å². The predicted molar refractivity (Wildman–Crippen MR) is 130 cm³/mol. The van der Waals surface area contributed by atoms with Gasteiger partial charge in [0.05, 0.1) is 0 Å². The number of aromatic nitrogens is 3. The molecule has 1 aromatic carbocycles. The Hall–Kier alpha value is -2.93. The first-order valence-electron chi connectivity index (χ1n) is 11.7. The van der Waals surface area contributed by atoms with E-state index in [1.165, 1.54) is 11.1 Å². The van der Waals surface area contributed by atoms with E-state index >= 15 is 0 Å². The summed E-state index contributed by atoms with van der Waals surface area (Å²) in [5, 5.41) is 12.1. The smallest absolute Gasteiger partial charge is 0.193 e. The highest BCUT2D eigenvalue weighted by atomic mass is 15.3. The van der Waals surface area contributed by atoms with Crippen LogP contribution in [0, 0.1) is 0 Å². The van der Waals surface area contributed by atoms with Crippen molar-refractivity contribution in [2.45, 2.75) is 39.2 Å². The number of benzene rings is 1. The monoisotopic (exact) mass is 433 g/mol. The molecular formula is C25H35N7. The molecule has 4 rings (SSSR count). The minimum Gasteiger partial charge on any atom is -0.356 e. The van der Waals surface area contributed by atoms with Gasteiger partial charge >= 0.3 is 0 Å². The highest BCUT2D eigenvalue weighted by molar-refractivity contribution is 5.79. The lowest BCUT2D eigenvalue weighted by Gasteiger charge is -2.36. The molecule has 0 saturated carbocycles. The fourth-order valence-electron chi connectivity index (χ4n) is 4.22. The fraction of sp³-hybridized carbons (Fsp3) is 0.480. The average Bonchev–Trinajstić information content (AvgIpc) is 3.23. The van der Waals surface area contributed by atoms with Gasteiger partial charge in [-0.05, 0) is 35.6 Å². The fourth-order valence-corrected chi connectivity index (χ4v) is 4.22. The van der Waals surface area contributed by atoms with E-state index in [0.29, 0.717) is 5.92 Å². The van der Waals surface area contributed by atoms with E-state index in [-0.39, 0.29) is 0 Å². The third-order valence-electron chi connectivity index (χ3n) is 6.18. The molecule has 1 N–H and O–H groups in total. The van der Waals surface area contributed by atoms with Crippen LogP contribution in [0.1, 0.15) is 43.1 Å². The third kappa shape index (κ3) is 5.46. The van der Waals surface area contributed by atoms with Crippen LogP contribution in [0.25, 0.3) is 5.65 Å². The van der Waals surface area contributed by atoms with Crippen molar-refractivity contribution in [3.05, 3.63) is 65.6 Å². The van der Waals surface area contributed by atoms with Crippen LogP contribution >= 0.6 is 0 Å². The van der Waals surface area contributed by atoms with Crippen molar-refractivity contribution in [3.8, 4) is 0 Å². The van der Waals surface area contributed by atoms with Gasteiger partial charge < -0.3 is 10.2 Å². The Morgan fingerprint density at radius 1 is 1.03 bits per heavy atom. The Kier molecular flexibility index (Phi) is 7.37.